The van der Waals surface area contributed by atoms with Gasteiger partial charge in [0.2, 0.25) is 0 Å². The van der Waals surface area contributed by atoms with Crippen LogP contribution >= 0.6 is 15.2 Å². The van der Waals surface area contributed by atoms with Gasteiger partial charge in [-0.2, -0.15) is 0 Å². The SMILES string of the molecule is [2H]CC(O)(P(=O)(O)O)P(=O)(O)O. The molecule has 0 saturated carbocycles. The maximum absolute atomic E-state index is 10.4. The lowest BCUT2D eigenvalue weighted by atomic mass is 10.9. The Labute approximate surface area is 63.4 Å². The Morgan fingerprint density at radius 2 is 1.45 bits per heavy atom. The van der Waals surface area contributed by atoms with Crippen molar-refractivity contribution in [1.29, 1.82) is 0 Å². The lowest BCUT2D eigenvalue weighted by Gasteiger charge is -2.24. The molecule has 0 saturated heterocycles. The van der Waals surface area contributed by atoms with Crippen LogP contribution in [0.5, 0.6) is 0 Å². The maximum atomic E-state index is 10.4. The third kappa shape index (κ3) is 2.10. The highest BCUT2D eigenvalue weighted by molar-refractivity contribution is 7.71. The first-order chi connectivity index (χ1) is 5.06. The normalized spacial score (nSPS) is 16.3. The number of aliphatic hydroxyl groups is 1. The average molecular weight is 207 g/mol. The van der Waals surface area contributed by atoms with Crippen LogP contribution in [-0.2, 0) is 9.13 Å². The zero-order chi connectivity index (χ0) is 10.2. The molecule has 0 amide bonds. The molecule has 0 aromatic heterocycles. The van der Waals surface area contributed by atoms with E-state index in [4.69, 9.17) is 26.1 Å². The minimum absolute atomic E-state index is 1.47. The summed E-state index contributed by atoms with van der Waals surface area (Å²) in [6.45, 7) is -1.47. The molecule has 0 unspecified atom stereocenters. The molecule has 0 aliphatic rings. The molecule has 7 nitrogen and oxygen atoms in total. The van der Waals surface area contributed by atoms with E-state index in [-0.39, 0.29) is 0 Å². The Morgan fingerprint density at radius 3 is 1.45 bits per heavy atom. The van der Waals surface area contributed by atoms with E-state index in [1.165, 1.54) is 0 Å². The second-order valence-corrected chi connectivity index (χ2v) is 5.87. The van der Waals surface area contributed by atoms with Crippen molar-refractivity contribution in [1.82, 2.24) is 0 Å². The third-order valence-electron chi connectivity index (χ3n) is 0.933. The van der Waals surface area contributed by atoms with Crippen molar-refractivity contribution in [3.05, 3.63) is 0 Å². The van der Waals surface area contributed by atoms with Crippen LogP contribution in [0, 0.1) is 0 Å². The van der Waals surface area contributed by atoms with Crippen LogP contribution in [0.1, 0.15) is 8.27 Å². The minimum Gasteiger partial charge on any atom is -0.368 e. The quantitative estimate of drug-likeness (QED) is 0.366. The highest BCUT2D eigenvalue weighted by Gasteiger charge is 2.55. The van der Waals surface area contributed by atoms with Gasteiger partial charge in [0.25, 0.3) is 5.08 Å². The predicted octanol–water partition coefficient (Wildman–Crippen LogP) is -0.992. The lowest BCUT2D eigenvalue weighted by Crippen LogP contribution is -2.23. The van der Waals surface area contributed by atoms with Crippen LogP contribution in [-0.4, -0.2) is 29.8 Å². The molecule has 0 bridgehead atoms. The molecule has 0 rings (SSSR count). The van der Waals surface area contributed by atoms with Gasteiger partial charge >= 0.3 is 15.2 Å². The predicted molar refractivity (Wildman–Crippen MR) is 34.7 cm³/mol. The fraction of sp³-hybridized carbons (Fsp3) is 1.00. The summed E-state index contributed by atoms with van der Waals surface area (Å²) in [7, 11) is -10.8. The molecule has 0 aromatic rings. The molecule has 68 valence electrons. The van der Waals surface area contributed by atoms with Gasteiger partial charge in [-0.3, -0.25) is 9.13 Å². The Bertz CT molecular complexity index is 228. The first-order valence-corrected chi connectivity index (χ1v) is 5.41. The summed E-state index contributed by atoms with van der Waals surface area (Å²) >= 11 is 0. The van der Waals surface area contributed by atoms with E-state index in [9.17, 15) is 9.13 Å². The maximum Gasteiger partial charge on any atom is 0.369 e. The van der Waals surface area contributed by atoms with Crippen molar-refractivity contribution in [2.75, 3.05) is 0 Å². The van der Waals surface area contributed by atoms with E-state index in [0.29, 0.717) is 0 Å². The van der Waals surface area contributed by atoms with Crippen molar-refractivity contribution in [2.24, 2.45) is 0 Å². The topological polar surface area (TPSA) is 135 Å². The lowest BCUT2D eigenvalue weighted by molar-refractivity contribution is 0.146. The Kier molecular flexibility index (Phi) is 2.24. The van der Waals surface area contributed by atoms with Gasteiger partial charge in [0.05, 0.1) is 0 Å². The van der Waals surface area contributed by atoms with Crippen molar-refractivity contribution in [3.63, 3.8) is 0 Å². The monoisotopic (exact) mass is 207 g/mol. The van der Waals surface area contributed by atoms with Crippen molar-refractivity contribution < 1.29 is 35.2 Å². The number of hydrogen-bond donors (Lipinski definition) is 5. The molecule has 5 N–H and O–H groups in total. The van der Waals surface area contributed by atoms with Crippen LogP contribution in [0.25, 0.3) is 0 Å². The molecule has 0 atom stereocenters. The van der Waals surface area contributed by atoms with Crippen LogP contribution in [0.4, 0.5) is 0 Å². The summed E-state index contributed by atoms with van der Waals surface area (Å²) in [5.74, 6) is 0. The van der Waals surface area contributed by atoms with Gasteiger partial charge in [-0.1, -0.05) is 0 Å². The van der Waals surface area contributed by atoms with Crippen LogP contribution in [0.3, 0.4) is 0 Å². The number of rotatable bonds is 2. The summed E-state index contributed by atoms with van der Waals surface area (Å²) in [5.41, 5.74) is 0. The van der Waals surface area contributed by atoms with E-state index in [0.717, 1.165) is 0 Å². The third-order valence-corrected chi connectivity index (χ3v) is 4.36. The zero-order valence-corrected chi connectivity index (χ0v) is 6.94. The van der Waals surface area contributed by atoms with E-state index in [2.05, 4.69) is 0 Å². The van der Waals surface area contributed by atoms with E-state index < -0.39 is 27.2 Å². The summed E-state index contributed by atoms with van der Waals surface area (Å²) in [6.07, 6.45) is 0. The molecule has 11 heavy (non-hydrogen) atoms. The Hall–Kier alpha value is 0.260. The van der Waals surface area contributed by atoms with E-state index >= 15 is 0 Å². The first kappa shape index (κ1) is 9.35. The van der Waals surface area contributed by atoms with Crippen molar-refractivity contribution >= 4 is 15.2 Å². The molecule has 0 aliphatic heterocycles. The fourth-order valence-electron chi connectivity index (χ4n) is 0.170. The molecular weight excluding hydrogens is 198 g/mol. The minimum atomic E-state index is -5.40. The van der Waals surface area contributed by atoms with E-state index in [1.807, 2.05) is 0 Å². The molecule has 0 aromatic carbocycles. The smallest absolute Gasteiger partial charge is 0.368 e. The van der Waals surface area contributed by atoms with Gasteiger partial charge in [-0.05, 0) is 6.90 Å². The van der Waals surface area contributed by atoms with Gasteiger partial charge in [0, 0.05) is 1.37 Å². The van der Waals surface area contributed by atoms with Crippen molar-refractivity contribution in [3.8, 4) is 0 Å². The molecule has 9 heteroatoms. The largest absolute Gasteiger partial charge is 0.369 e. The van der Waals surface area contributed by atoms with Gasteiger partial charge < -0.3 is 24.7 Å². The second-order valence-electron chi connectivity index (χ2n) is 1.86. The molecular formula is C2H8O7P2. The summed E-state index contributed by atoms with van der Waals surface area (Å²) in [6, 6.07) is 0. The molecule has 0 radical (unpaired) electrons. The molecule has 0 fully saturated rings. The first-order valence-electron chi connectivity index (χ1n) is 2.90. The fourth-order valence-corrected chi connectivity index (χ4v) is 1.53. The average Bonchev–Trinajstić information content (AvgIpc) is 1.81. The van der Waals surface area contributed by atoms with Crippen LogP contribution in [0.2, 0.25) is 0 Å². The van der Waals surface area contributed by atoms with Gasteiger partial charge in [0.1, 0.15) is 0 Å². The van der Waals surface area contributed by atoms with Crippen LogP contribution < -0.4 is 0 Å². The number of hydrogen-bond acceptors (Lipinski definition) is 3. The highest BCUT2D eigenvalue weighted by Crippen LogP contribution is 2.66. The van der Waals surface area contributed by atoms with Gasteiger partial charge in [-0.25, -0.2) is 0 Å². The Morgan fingerprint density at radius 1 is 1.18 bits per heavy atom. The van der Waals surface area contributed by atoms with E-state index in [1.54, 1.807) is 0 Å². The zero-order valence-electron chi connectivity index (χ0n) is 6.15. The summed E-state index contributed by atoms with van der Waals surface area (Å²) in [5, 5.41) is 5.20. The molecule has 0 aliphatic carbocycles. The second kappa shape index (κ2) is 2.64. The summed E-state index contributed by atoms with van der Waals surface area (Å²) in [4.78, 5) is 33.3. The summed E-state index contributed by atoms with van der Waals surface area (Å²) < 4.78 is 27.2. The van der Waals surface area contributed by atoms with Gasteiger partial charge in [0.15, 0.2) is 0 Å². The standard InChI is InChI=1S/C2H8O7P2/c1-2(3,10(4,5)6)11(7,8)9/h3H,1H3,(H2,4,5,6)(H2,7,8,9)/i1D. The van der Waals surface area contributed by atoms with Crippen LogP contribution in [0.15, 0.2) is 0 Å². The Balaban J connectivity index is 5.25. The molecule has 0 spiro atoms. The van der Waals surface area contributed by atoms with Gasteiger partial charge in [-0.15, -0.1) is 0 Å². The highest BCUT2D eigenvalue weighted by atomic mass is 31.2. The molecule has 0 heterocycles. The van der Waals surface area contributed by atoms with Crippen molar-refractivity contribution in [2.45, 2.75) is 12.0 Å².